The highest BCUT2D eigenvalue weighted by Gasteiger charge is 2.19. The first-order valence-corrected chi connectivity index (χ1v) is 9.07. The van der Waals surface area contributed by atoms with Crippen LogP contribution in [0.1, 0.15) is 5.56 Å². The Hall–Kier alpha value is -3.38. The lowest BCUT2D eigenvalue weighted by Crippen LogP contribution is -2.13. The quantitative estimate of drug-likeness (QED) is 0.696. The molecule has 0 unspecified atom stereocenters. The molecule has 0 bridgehead atoms. The summed E-state index contributed by atoms with van der Waals surface area (Å²) < 4.78 is 60.0. The van der Waals surface area contributed by atoms with Crippen molar-refractivity contribution in [1.29, 1.82) is 5.26 Å². The number of nitriles is 1. The number of nitrogens with zero attached hydrogens (tertiary/aromatic N) is 1. The summed E-state index contributed by atoms with van der Waals surface area (Å²) in [7, 11) is -2.72. The molecular weight excluding hydrogens is 376 g/mol. The molecule has 2 aromatic carbocycles. The van der Waals surface area contributed by atoms with Crippen LogP contribution in [-0.2, 0) is 10.0 Å². The first-order valence-electron chi connectivity index (χ1n) is 7.59. The van der Waals surface area contributed by atoms with Crippen LogP contribution in [0.2, 0.25) is 0 Å². The molecule has 0 fully saturated rings. The summed E-state index contributed by atoms with van der Waals surface area (Å²) in [5.74, 6) is -1.14. The van der Waals surface area contributed by atoms with E-state index in [1.54, 1.807) is 6.07 Å². The van der Waals surface area contributed by atoms with Gasteiger partial charge in [0.2, 0.25) is 0 Å². The first-order chi connectivity index (χ1) is 12.8. The average Bonchev–Trinajstić information content (AvgIpc) is 3.14. The Bertz CT molecular complexity index is 1150. The lowest BCUT2D eigenvalue weighted by Gasteiger charge is -2.07. The molecule has 6 nitrogen and oxygen atoms in total. The largest absolute Gasteiger partial charge is 0.497 e. The third-order valence-electron chi connectivity index (χ3n) is 3.78. The second kappa shape index (κ2) is 7.09. The van der Waals surface area contributed by atoms with Crippen LogP contribution in [0.15, 0.2) is 53.6 Å². The number of aromatic nitrogens is 1. The van der Waals surface area contributed by atoms with E-state index in [1.807, 2.05) is 0 Å². The van der Waals surface area contributed by atoms with Crippen LogP contribution >= 0.6 is 0 Å². The molecule has 27 heavy (non-hydrogen) atoms. The molecule has 0 radical (unpaired) electrons. The zero-order chi connectivity index (χ0) is 19.6. The summed E-state index contributed by atoms with van der Waals surface area (Å²) in [5.41, 5.74) is 0.152. The van der Waals surface area contributed by atoms with Crippen LogP contribution in [0.3, 0.4) is 0 Å². The van der Waals surface area contributed by atoms with E-state index in [2.05, 4.69) is 9.71 Å². The number of sulfonamides is 1. The van der Waals surface area contributed by atoms with E-state index >= 15 is 0 Å². The maximum absolute atomic E-state index is 14.2. The van der Waals surface area contributed by atoms with Crippen molar-refractivity contribution in [3.05, 3.63) is 65.9 Å². The fourth-order valence-corrected chi connectivity index (χ4v) is 3.46. The van der Waals surface area contributed by atoms with Crippen LogP contribution in [-0.4, -0.2) is 20.5 Å². The zero-order valence-corrected chi connectivity index (χ0v) is 14.8. The molecule has 1 heterocycles. The molecule has 0 aliphatic rings. The second-order valence-corrected chi connectivity index (χ2v) is 7.19. The Balaban J connectivity index is 1.90. The van der Waals surface area contributed by atoms with Crippen molar-refractivity contribution in [3.8, 4) is 23.1 Å². The fraction of sp³-hybridized carbons (Fsp3) is 0.0556. The van der Waals surface area contributed by atoms with E-state index in [0.29, 0.717) is 5.75 Å². The molecule has 0 aliphatic heterocycles. The van der Waals surface area contributed by atoms with Gasteiger partial charge in [0.25, 0.3) is 10.0 Å². The van der Waals surface area contributed by atoms with Crippen molar-refractivity contribution in [2.24, 2.45) is 0 Å². The summed E-state index contributed by atoms with van der Waals surface area (Å²) in [6.07, 6.45) is 1.17. The van der Waals surface area contributed by atoms with Crippen molar-refractivity contribution >= 4 is 15.7 Å². The number of ether oxygens (including phenoxy) is 1. The molecule has 0 amide bonds. The molecule has 0 saturated heterocycles. The second-order valence-electron chi connectivity index (χ2n) is 5.51. The number of hydrogen-bond donors (Lipinski definition) is 2. The Morgan fingerprint density at radius 1 is 1.11 bits per heavy atom. The number of benzene rings is 2. The maximum Gasteiger partial charge on any atom is 0.263 e. The van der Waals surface area contributed by atoms with Gasteiger partial charge < -0.3 is 9.72 Å². The summed E-state index contributed by atoms with van der Waals surface area (Å²) in [6.45, 7) is 0. The molecule has 2 N–H and O–H groups in total. The highest BCUT2D eigenvalue weighted by Crippen LogP contribution is 2.28. The summed E-state index contributed by atoms with van der Waals surface area (Å²) in [4.78, 5) is 2.49. The number of anilines is 1. The third kappa shape index (κ3) is 3.75. The normalized spacial score (nSPS) is 11.0. The predicted octanol–water partition coefficient (Wildman–Crippen LogP) is 3.64. The minimum atomic E-state index is -4.12. The Kier molecular flexibility index (Phi) is 4.83. The zero-order valence-electron chi connectivity index (χ0n) is 14.0. The SMILES string of the molecule is COc1ccc(-c2cc(S(=O)(=O)Nc3ccc(C#N)cc3F)c[nH]2)c(F)c1. The Labute approximate surface area is 154 Å². The molecule has 3 aromatic rings. The third-order valence-corrected chi connectivity index (χ3v) is 5.12. The van der Waals surface area contributed by atoms with Crippen LogP contribution < -0.4 is 9.46 Å². The summed E-state index contributed by atoms with van der Waals surface area (Å²) in [6, 6.07) is 10.5. The van der Waals surface area contributed by atoms with Gasteiger partial charge in [0.15, 0.2) is 0 Å². The molecule has 138 valence electrons. The summed E-state index contributed by atoms with van der Waals surface area (Å²) >= 11 is 0. The molecule has 0 aliphatic carbocycles. The Morgan fingerprint density at radius 3 is 2.52 bits per heavy atom. The van der Waals surface area contributed by atoms with Gasteiger partial charge >= 0.3 is 0 Å². The molecule has 0 saturated carbocycles. The van der Waals surface area contributed by atoms with E-state index < -0.39 is 21.7 Å². The van der Waals surface area contributed by atoms with Gasteiger partial charge in [0.1, 0.15) is 22.3 Å². The molecule has 3 rings (SSSR count). The van der Waals surface area contributed by atoms with Gasteiger partial charge in [0, 0.05) is 23.5 Å². The minimum Gasteiger partial charge on any atom is -0.497 e. The summed E-state index contributed by atoms with van der Waals surface area (Å²) in [5, 5.41) is 8.73. The highest BCUT2D eigenvalue weighted by atomic mass is 32.2. The van der Waals surface area contributed by atoms with Gasteiger partial charge in [-0.2, -0.15) is 5.26 Å². The van der Waals surface area contributed by atoms with Gasteiger partial charge in [-0.15, -0.1) is 0 Å². The number of methoxy groups -OCH3 is 1. The van der Waals surface area contributed by atoms with Gasteiger partial charge in [-0.1, -0.05) is 0 Å². The van der Waals surface area contributed by atoms with Crippen LogP contribution in [0, 0.1) is 23.0 Å². The number of hydrogen-bond acceptors (Lipinski definition) is 4. The van der Waals surface area contributed by atoms with Gasteiger partial charge in [-0.05, 0) is 36.4 Å². The number of halogens is 2. The average molecular weight is 389 g/mol. The van der Waals surface area contributed by atoms with E-state index in [-0.39, 0.29) is 27.4 Å². The molecule has 1 aromatic heterocycles. The van der Waals surface area contributed by atoms with E-state index in [1.165, 1.54) is 43.6 Å². The number of H-pyrrole nitrogens is 1. The van der Waals surface area contributed by atoms with Gasteiger partial charge in [-0.25, -0.2) is 17.2 Å². The van der Waals surface area contributed by atoms with Crippen molar-refractivity contribution in [1.82, 2.24) is 4.98 Å². The van der Waals surface area contributed by atoms with E-state index in [0.717, 1.165) is 12.1 Å². The monoisotopic (exact) mass is 389 g/mol. The van der Waals surface area contributed by atoms with Crippen molar-refractivity contribution < 1.29 is 21.9 Å². The predicted molar refractivity (Wildman–Crippen MR) is 94.7 cm³/mol. The molecular formula is C18H13F2N3O3S. The first kappa shape index (κ1) is 18.4. The topological polar surface area (TPSA) is 95.0 Å². The molecule has 0 atom stereocenters. The lowest BCUT2D eigenvalue weighted by molar-refractivity contribution is 0.411. The van der Waals surface area contributed by atoms with E-state index in [9.17, 15) is 17.2 Å². The van der Waals surface area contributed by atoms with Crippen molar-refractivity contribution in [2.45, 2.75) is 4.90 Å². The standard InChI is InChI=1S/C18H13F2N3O3S/c1-26-12-3-4-14(15(19)7-12)18-8-13(10-22-18)27(24,25)23-17-5-2-11(9-21)6-16(17)20/h2-8,10,22-23H,1H3. The lowest BCUT2D eigenvalue weighted by atomic mass is 10.1. The van der Waals surface area contributed by atoms with Crippen LogP contribution in [0.4, 0.5) is 14.5 Å². The number of rotatable bonds is 5. The highest BCUT2D eigenvalue weighted by molar-refractivity contribution is 7.92. The van der Waals surface area contributed by atoms with Gasteiger partial charge in [0.05, 0.1) is 24.4 Å². The maximum atomic E-state index is 14.2. The van der Waals surface area contributed by atoms with Crippen molar-refractivity contribution in [3.63, 3.8) is 0 Å². The fourth-order valence-electron chi connectivity index (χ4n) is 2.40. The number of nitrogens with one attached hydrogen (secondary N) is 2. The van der Waals surface area contributed by atoms with Crippen LogP contribution in [0.25, 0.3) is 11.3 Å². The smallest absolute Gasteiger partial charge is 0.263 e. The number of aromatic amines is 1. The Morgan fingerprint density at radius 2 is 1.89 bits per heavy atom. The van der Waals surface area contributed by atoms with E-state index in [4.69, 9.17) is 10.00 Å². The minimum absolute atomic E-state index is 0.0642. The molecule has 9 heteroatoms. The van der Waals surface area contributed by atoms with Crippen molar-refractivity contribution in [2.75, 3.05) is 11.8 Å². The molecule has 0 spiro atoms. The van der Waals surface area contributed by atoms with Crippen LogP contribution in [0.5, 0.6) is 5.75 Å². The van der Waals surface area contributed by atoms with Gasteiger partial charge in [-0.3, -0.25) is 4.72 Å².